The van der Waals surface area contributed by atoms with Crippen LogP contribution >= 0.6 is 0 Å². The maximum atomic E-state index is 13.0. The topological polar surface area (TPSA) is 124 Å². The lowest BCUT2D eigenvalue weighted by Crippen LogP contribution is -2.26. The van der Waals surface area contributed by atoms with Crippen LogP contribution in [0.3, 0.4) is 0 Å². The summed E-state index contributed by atoms with van der Waals surface area (Å²) in [5.41, 5.74) is 2.71. The summed E-state index contributed by atoms with van der Waals surface area (Å²) in [6.45, 7) is 8.76. The molecule has 0 saturated heterocycles. The maximum Gasteiger partial charge on any atom is 0.419 e. The molecule has 0 saturated carbocycles. The van der Waals surface area contributed by atoms with Crippen LogP contribution in [0.1, 0.15) is 43.0 Å². The minimum atomic E-state index is -3.75. The fourth-order valence-corrected chi connectivity index (χ4v) is 5.87. The number of hydrogen-bond donors (Lipinski definition) is 2. The van der Waals surface area contributed by atoms with E-state index in [0.29, 0.717) is 22.0 Å². The Labute approximate surface area is 258 Å². The van der Waals surface area contributed by atoms with E-state index in [1.54, 1.807) is 63.2 Å². The number of hydrogen-bond acceptors (Lipinski definition) is 6. The van der Waals surface area contributed by atoms with Gasteiger partial charge in [0.15, 0.2) is 0 Å². The molecule has 3 aromatic carbocycles. The van der Waals surface area contributed by atoms with Crippen LogP contribution in [0.25, 0.3) is 10.9 Å². The zero-order chi connectivity index (χ0) is 32.1. The quantitative estimate of drug-likeness (QED) is 0.298. The number of fused-ring (bicyclic) bond motifs is 1. The Morgan fingerprint density at radius 1 is 0.773 bits per heavy atom. The fourth-order valence-electron chi connectivity index (χ4n) is 4.02. The molecule has 0 radical (unpaired) electrons. The van der Waals surface area contributed by atoms with Gasteiger partial charge in [-0.15, -0.1) is 0 Å². The van der Waals surface area contributed by atoms with Gasteiger partial charge in [0.2, 0.25) is 20.0 Å². The SMILES string of the molecule is Cc1ccc(S(=O)(=O)NCC#Cc2ccc3c(c2)c(C#CCNS(=O)(=O)c2ccc(C)cc2)cn3C(=O)OC(C)(C)C)cc1. The summed E-state index contributed by atoms with van der Waals surface area (Å²) in [5, 5.41) is 0.594. The molecule has 4 aromatic rings. The Morgan fingerprint density at radius 3 is 1.77 bits per heavy atom. The number of carbonyl (C=O) groups is 1. The van der Waals surface area contributed by atoms with E-state index in [1.807, 2.05) is 13.8 Å². The summed E-state index contributed by atoms with van der Waals surface area (Å²) in [6, 6.07) is 18.1. The highest BCUT2D eigenvalue weighted by atomic mass is 32.2. The number of aromatic nitrogens is 1. The Kier molecular flexibility index (Phi) is 9.67. The second-order valence-electron chi connectivity index (χ2n) is 11.0. The van der Waals surface area contributed by atoms with Gasteiger partial charge in [-0.05, 0) is 77.1 Å². The average Bonchev–Trinajstić information content (AvgIpc) is 3.31. The van der Waals surface area contributed by atoms with Crippen LogP contribution in [0.2, 0.25) is 0 Å². The summed E-state index contributed by atoms with van der Waals surface area (Å²) >= 11 is 0. The fraction of sp³-hybridized carbons (Fsp3) is 0.242. The zero-order valence-corrected chi connectivity index (χ0v) is 26.7. The minimum absolute atomic E-state index is 0.110. The number of aryl methyl sites for hydroxylation is 2. The van der Waals surface area contributed by atoms with E-state index < -0.39 is 31.7 Å². The van der Waals surface area contributed by atoms with E-state index in [-0.39, 0.29) is 22.9 Å². The third-order valence-electron chi connectivity index (χ3n) is 6.21. The summed E-state index contributed by atoms with van der Waals surface area (Å²) in [4.78, 5) is 13.3. The van der Waals surface area contributed by atoms with Crippen molar-refractivity contribution in [3.63, 3.8) is 0 Å². The highest BCUT2D eigenvalue weighted by molar-refractivity contribution is 7.89. The molecule has 11 heteroatoms. The third kappa shape index (κ3) is 8.37. The summed E-state index contributed by atoms with van der Waals surface area (Å²) in [6.07, 6.45) is 0.938. The molecule has 2 N–H and O–H groups in total. The number of benzene rings is 3. The van der Waals surface area contributed by atoms with Crippen molar-refractivity contribution in [2.24, 2.45) is 0 Å². The monoisotopic (exact) mass is 631 g/mol. The van der Waals surface area contributed by atoms with Crippen molar-refractivity contribution in [3.8, 4) is 23.7 Å². The molecule has 0 aliphatic rings. The van der Waals surface area contributed by atoms with Crippen molar-refractivity contribution in [1.82, 2.24) is 14.0 Å². The van der Waals surface area contributed by atoms with Gasteiger partial charge in [0, 0.05) is 17.1 Å². The number of sulfonamides is 2. The third-order valence-corrected chi connectivity index (χ3v) is 9.05. The zero-order valence-electron chi connectivity index (χ0n) is 25.1. The van der Waals surface area contributed by atoms with Crippen LogP contribution < -0.4 is 9.44 Å². The molecule has 0 unspecified atom stereocenters. The van der Waals surface area contributed by atoms with Gasteiger partial charge in [0.05, 0.1) is 34.0 Å². The van der Waals surface area contributed by atoms with Crippen molar-refractivity contribution >= 4 is 37.0 Å². The van der Waals surface area contributed by atoms with Crippen LogP contribution in [0.15, 0.2) is 82.7 Å². The standard InChI is InChI=1S/C33H33N3O6S2/c1-24-10-15-28(16-11-24)43(38,39)34-20-6-8-26-14-19-31-30(22-26)27(23-36(31)32(37)42-33(3,4)5)9-7-21-35-44(40,41)29-17-12-25(2)13-18-29/h10-19,22-23,34-35H,20-21H2,1-5H3. The summed E-state index contributed by atoms with van der Waals surface area (Å²) < 4.78 is 62.1. The number of nitrogens with one attached hydrogen (secondary N) is 2. The molecular weight excluding hydrogens is 599 g/mol. The molecule has 0 amide bonds. The highest BCUT2D eigenvalue weighted by Crippen LogP contribution is 2.24. The van der Waals surface area contributed by atoms with E-state index in [2.05, 4.69) is 33.1 Å². The van der Waals surface area contributed by atoms with E-state index in [4.69, 9.17) is 4.74 Å². The van der Waals surface area contributed by atoms with E-state index in [0.717, 1.165) is 11.1 Å². The molecule has 0 aliphatic heterocycles. The number of carbonyl (C=O) groups excluding carboxylic acids is 1. The van der Waals surface area contributed by atoms with Crippen molar-refractivity contribution in [2.75, 3.05) is 13.1 Å². The molecule has 4 rings (SSSR count). The van der Waals surface area contributed by atoms with E-state index >= 15 is 0 Å². The molecule has 9 nitrogen and oxygen atoms in total. The molecule has 0 bridgehead atoms. The predicted molar refractivity (Wildman–Crippen MR) is 170 cm³/mol. The Balaban J connectivity index is 1.58. The van der Waals surface area contributed by atoms with Crippen LogP contribution in [0.4, 0.5) is 4.79 Å². The predicted octanol–water partition coefficient (Wildman–Crippen LogP) is 4.70. The summed E-state index contributed by atoms with van der Waals surface area (Å²) in [7, 11) is -7.46. The van der Waals surface area contributed by atoms with Crippen molar-refractivity contribution in [3.05, 3.63) is 95.2 Å². The van der Waals surface area contributed by atoms with Crippen LogP contribution in [-0.2, 0) is 24.8 Å². The van der Waals surface area contributed by atoms with Crippen molar-refractivity contribution in [2.45, 2.75) is 50.0 Å². The lowest BCUT2D eigenvalue weighted by molar-refractivity contribution is 0.0544. The number of ether oxygens (including phenoxy) is 1. The van der Waals surface area contributed by atoms with Gasteiger partial charge < -0.3 is 4.74 Å². The highest BCUT2D eigenvalue weighted by Gasteiger charge is 2.21. The van der Waals surface area contributed by atoms with E-state index in [9.17, 15) is 21.6 Å². The molecule has 0 atom stereocenters. The van der Waals surface area contributed by atoms with Gasteiger partial charge in [-0.25, -0.2) is 21.6 Å². The number of nitrogens with zero attached hydrogens (tertiary/aromatic N) is 1. The molecule has 1 aromatic heterocycles. The second kappa shape index (κ2) is 13.1. The molecule has 228 valence electrons. The first-order valence-corrected chi connectivity index (χ1v) is 16.6. The first kappa shape index (κ1) is 32.5. The van der Waals surface area contributed by atoms with Crippen LogP contribution in [-0.4, -0.2) is 46.2 Å². The lowest BCUT2D eigenvalue weighted by atomic mass is 10.1. The van der Waals surface area contributed by atoms with Crippen LogP contribution in [0.5, 0.6) is 0 Å². The Morgan fingerprint density at radius 2 is 1.27 bits per heavy atom. The molecule has 0 fully saturated rings. The van der Waals surface area contributed by atoms with Gasteiger partial charge in [0.1, 0.15) is 5.60 Å². The van der Waals surface area contributed by atoms with Gasteiger partial charge in [-0.2, -0.15) is 9.44 Å². The second-order valence-corrected chi connectivity index (χ2v) is 14.5. The molecule has 1 heterocycles. The van der Waals surface area contributed by atoms with E-state index in [1.165, 1.54) is 35.0 Å². The Bertz CT molecular complexity index is 2030. The minimum Gasteiger partial charge on any atom is -0.443 e. The van der Waals surface area contributed by atoms with Crippen molar-refractivity contribution < 1.29 is 26.4 Å². The smallest absolute Gasteiger partial charge is 0.419 e. The normalized spacial score (nSPS) is 11.8. The molecule has 44 heavy (non-hydrogen) atoms. The maximum absolute atomic E-state index is 13.0. The summed E-state index contributed by atoms with van der Waals surface area (Å²) in [5.74, 6) is 11.5. The lowest BCUT2D eigenvalue weighted by Gasteiger charge is -2.19. The van der Waals surface area contributed by atoms with Gasteiger partial charge >= 0.3 is 6.09 Å². The van der Waals surface area contributed by atoms with Gasteiger partial charge in [-0.1, -0.05) is 59.1 Å². The van der Waals surface area contributed by atoms with Gasteiger partial charge in [0.25, 0.3) is 0 Å². The van der Waals surface area contributed by atoms with Crippen molar-refractivity contribution in [1.29, 1.82) is 0 Å². The largest absolute Gasteiger partial charge is 0.443 e. The first-order chi connectivity index (χ1) is 20.6. The molecule has 0 spiro atoms. The first-order valence-electron chi connectivity index (χ1n) is 13.6. The van der Waals surface area contributed by atoms with Gasteiger partial charge in [-0.3, -0.25) is 4.57 Å². The van der Waals surface area contributed by atoms with Crippen LogP contribution in [0, 0.1) is 37.5 Å². The Hall–Kier alpha value is -4.39. The molecule has 0 aliphatic carbocycles. The number of rotatable bonds is 6. The average molecular weight is 632 g/mol. The molecular formula is C33H33N3O6S2.